The van der Waals surface area contributed by atoms with Crippen molar-refractivity contribution in [3.8, 4) is 22.6 Å². The van der Waals surface area contributed by atoms with Crippen molar-refractivity contribution in [1.82, 2.24) is 0 Å². The van der Waals surface area contributed by atoms with E-state index in [4.69, 9.17) is 13.9 Å². The lowest BCUT2D eigenvalue weighted by molar-refractivity contribution is 0.174. The van der Waals surface area contributed by atoms with E-state index in [0.717, 1.165) is 38.5 Å². The molecule has 7 rings (SSSR count). The van der Waals surface area contributed by atoms with E-state index in [-0.39, 0.29) is 18.5 Å². The van der Waals surface area contributed by atoms with E-state index in [1.165, 1.54) is 0 Å². The van der Waals surface area contributed by atoms with Crippen LogP contribution in [0.1, 0.15) is 17.2 Å². The summed E-state index contributed by atoms with van der Waals surface area (Å²) in [5.41, 5.74) is 4.69. The standard InChI is InChI=1S/C27H17NO4/c29-27-25-24(18-7-3-4-8-20(18)32-27)23-17-6-2-1-5-15(17)9-11-19(23)28-26(25)16-10-12-21-22(13-16)31-14-30-21/h1-13,26,28H,14H2/t26-/m1/s1. The van der Waals surface area contributed by atoms with Gasteiger partial charge in [-0.1, -0.05) is 54.6 Å². The molecule has 2 aliphatic heterocycles. The van der Waals surface area contributed by atoms with Gasteiger partial charge in [0.05, 0.1) is 11.6 Å². The summed E-state index contributed by atoms with van der Waals surface area (Å²) in [6.07, 6.45) is 0. The molecule has 0 saturated heterocycles. The molecule has 1 aromatic heterocycles. The molecule has 0 spiro atoms. The van der Waals surface area contributed by atoms with E-state index in [9.17, 15) is 4.79 Å². The molecule has 5 nitrogen and oxygen atoms in total. The lowest BCUT2D eigenvalue weighted by Gasteiger charge is -2.30. The van der Waals surface area contributed by atoms with Crippen LogP contribution in [-0.4, -0.2) is 6.79 Å². The van der Waals surface area contributed by atoms with Gasteiger partial charge in [-0.3, -0.25) is 0 Å². The maximum atomic E-state index is 13.4. The topological polar surface area (TPSA) is 60.7 Å². The molecule has 0 amide bonds. The molecule has 1 atom stereocenters. The van der Waals surface area contributed by atoms with Gasteiger partial charge in [0.1, 0.15) is 5.58 Å². The van der Waals surface area contributed by atoms with Crippen LogP contribution in [0.4, 0.5) is 5.69 Å². The molecule has 154 valence electrons. The summed E-state index contributed by atoms with van der Waals surface area (Å²) in [7, 11) is 0. The fourth-order valence-electron chi connectivity index (χ4n) is 4.93. The summed E-state index contributed by atoms with van der Waals surface area (Å²) < 4.78 is 16.8. The predicted octanol–water partition coefficient (Wildman–Crippen LogP) is 5.86. The number of nitrogens with one attached hydrogen (secondary N) is 1. The highest BCUT2D eigenvalue weighted by Crippen LogP contribution is 2.48. The van der Waals surface area contributed by atoms with Gasteiger partial charge in [-0.2, -0.15) is 0 Å². The largest absolute Gasteiger partial charge is 0.454 e. The van der Waals surface area contributed by atoms with Crippen molar-refractivity contribution >= 4 is 27.4 Å². The molecule has 4 aromatic carbocycles. The minimum absolute atomic E-state index is 0.203. The first kappa shape index (κ1) is 17.4. The summed E-state index contributed by atoms with van der Waals surface area (Å²) in [6, 6.07) is 25.6. The average Bonchev–Trinajstić information content (AvgIpc) is 3.31. The first-order valence-electron chi connectivity index (χ1n) is 10.5. The van der Waals surface area contributed by atoms with E-state index in [1.54, 1.807) is 0 Å². The molecule has 5 heteroatoms. The molecular weight excluding hydrogens is 402 g/mol. The monoisotopic (exact) mass is 419 g/mol. The van der Waals surface area contributed by atoms with Crippen molar-refractivity contribution in [3.05, 3.63) is 100 Å². The first-order valence-corrected chi connectivity index (χ1v) is 10.5. The Morgan fingerprint density at radius 2 is 1.59 bits per heavy atom. The molecule has 0 bridgehead atoms. The number of rotatable bonds is 1. The lowest BCUT2D eigenvalue weighted by Crippen LogP contribution is -2.25. The number of hydrogen-bond acceptors (Lipinski definition) is 5. The van der Waals surface area contributed by atoms with E-state index in [0.29, 0.717) is 22.6 Å². The van der Waals surface area contributed by atoms with Crippen molar-refractivity contribution in [1.29, 1.82) is 0 Å². The molecular formula is C27H17NO4. The maximum absolute atomic E-state index is 13.4. The van der Waals surface area contributed by atoms with Crippen LogP contribution < -0.4 is 20.4 Å². The maximum Gasteiger partial charge on any atom is 0.342 e. The Bertz CT molecular complexity index is 1620. The fraction of sp³-hybridized carbons (Fsp3) is 0.0741. The Labute approximate surface area is 182 Å². The molecule has 5 aromatic rings. The smallest absolute Gasteiger partial charge is 0.342 e. The Morgan fingerprint density at radius 1 is 0.781 bits per heavy atom. The van der Waals surface area contributed by atoms with Crippen molar-refractivity contribution in [3.63, 3.8) is 0 Å². The number of hydrogen-bond donors (Lipinski definition) is 1. The highest BCUT2D eigenvalue weighted by atomic mass is 16.7. The zero-order valence-electron chi connectivity index (χ0n) is 16.9. The van der Waals surface area contributed by atoms with Crippen molar-refractivity contribution in [2.75, 3.05) is 12.1 Å². The van der Waals surface area contributed by atoms with Crippen LogP contribution >= 0.6 is 0 Å². The SMILES string of the molecule is O=c1oc2ccccc2c2c1[C@@H](c1ccc3c(c1)OCO3)Nc1ccc3ccccc3c1-2. The molecule has 1 N–H and O–H groups in total. The second-order valence-corrected chi connectivity index (χ2v) is 8.07. The van der Waals surface area contributed by atoms with Crippen LogP contribution in [0.5, 0.6) is 11.5 Å². The first-order chi connectivity index (χ1) is 15.8. The predicted molar refractivity (Wildman–Crippen MR) is 123 cm³/mol. The number of benzene rings is 4. The third-order valence-corrected chi connectivity index (χ3v) is 6.35. The quantitative estimate of drug-likeness (QED) is 0.345. The van der Waals surface area contributed by atoms with E-state index in [2.05, 4.69) is 29.6 Å². The van der Waals surface area contributed by atoms with Gasteiger partial charge in [-0.15, -0.1) is 0 Å². The number of para-hydroxylation sites is 1. The highest BCUT2D eigenvalue weighted by Gasteiger charge is 2.33. The Balaban J connectivity index is 1.59. The van der Waals surface area contributed by atoms with Crippen LogP contribution in [0.25, 0.3) is 32.9 Å². The van der Waals surface area contributed by atoms with Gasteiger partial charge in [0.25, 0.3) is 0 Å². The van der Waals surface area contributed by atoms with Crippen LogP contribution in [0, 0.1) is 0 Å². The van der Waals surface area contributed by atoms with Crippen molar-refractivity contribution in [2.45, 2.75) is 6.04 Å². The summed E-state index contributed by atoms with van der Waals surface area (Å²) in [6.45, 7) is 0.203. The third kappa shape index (κ3) is 2.36. The van der Waals surface area contributed by atoms with Gasteiger partial charge in [-0.25, -0.2) is 4.79 Å². The van der Waals surface area contributed by atoms with E-state index >= 15 is 0 Å². The second-order valence-electron chi connectivity index (χ2n) is 8.07. The van der Waals surface area contributed by atoms with E-state index < -0.39 is 0 Å². The number of anilines is 1. The zero-order valence-corrected chi connectivity index (χ0v) is 16.9. The Kier molecular flexibility index (Phi) is 3.47. The minimum atomic E-state index is -0.381. The summed E-state index contributed by atoms with van der Waals surface area (Å²) >= 11 is 0. The molecule has 2 aliphatic rings. The van der Waals surface area contributed by atoms with Crippen molar-refractivity contribution < 1.29 is 13.9 Å². The normalized spacial score (nSPS) is 15.9. The second kappa shape index (κ2) is 6.37. The van der Waals surface area contributed by atoms with E-state index in [1.807, 2.05) is 54.6 Å². The highest BCUT2D eigenvalue weighted by molar-refractivity contribution is 6.11. The minimum Gasteiger partial charge on any atom is -0.454 e. The number of fused-ring (bicyclic) bond motifs is 8. The summed E-state index contributed by atoms with van der Waals surface area (Å²) in [5, 5.41) is 6.74. The number of ether oxygens (including phenoxy) is 2. The average molecular weight is 419 g/mol. The third-order valence-electron chi connectivity index (χ3n) is 6.35. The van der Waals surface area contributed by atoms with Gasteiger partial charge >= 0.3 is 5.63 Å². The Hall–Kier alpha value is -4.25. The molecule has 0 fully saturated rings. The van der Waals surface area contributed by atoms with Gasteiger partial charge in [0, 0.05) is 22.2 Å². The molecule has 0 radical (unpaired) electrons. The molecule has 0 aliphatic carbocycles. The summed E-state index contributed by atoms with van der Waals surface area (Å²) in [5.74, 6) is 1.39. The molecule has 3 heterocycles. The van der Waals surface area contributed by atoms with Crippen LogP contribution in [0.15, 0.2) is 88.1 Å². The van der Waals surface area contributed by atoms with Crippen LogP contribution in [0.3, 0.4) is 0 Å². The van der Waals surface area contributed by atoms with Gasteiger partial charge < -0.3 is 19.2 Å². The van der Waals surface area contributed by atoms with Gasteiger partial charge in [0.15, 0.2) is 11.5 Å². The fourth-order valence-corrected chi connectivity index (χ4v) is 4.93. The van der Waals surface area contributed by atoms with Crippen molar-refractivity contribution in [2.24, 2.45) is 0 Å². The summed E-state index contributed by atoms with van der Waals surface area (Å²) in [4.78, 5) is 13.4. The van der Waals surface area contributed by atoms with Crippen LogP contribution in [-0.2, 0) is 0 Å². The van der Waals surface area contributed by atoms with Crippen LogP contribution in [0.2, 0.25) is 0 Å². The Morgan fingerprint density at radius 3 is 2.53 bits per heavy atom. The molecule has 0 saturated carbocycles. The molecule has 32 heavy (non-hydrogen) atoms. The zero-order chi connectivity index (χ0) is 21.2. The van der Waals surface area contributed by atoms with Gasteiger partial charge in [0.2, 0.25) is 6.79 Å². The van der Waals surface area contributed by atoms with Gasteiger partial charge in [-0.05, 0) is 40.6 Å². The lowest BCUT2D eigenvalue weighted by atomic mass is 9.83. The molecule has 0 unspecified atom stereocenters.